The zero-order valence-corrected chi connectivity index (χ0v) is 14.4. The van der Waals surface area contributed by atoms with Gasteiger partial charge in [0.25, 0.3) is 11.6 Å². The van der Waals surface area contributed by atoms with Crippen LogP contribution in [-0.2, 0) is 11.0 Å². The number of alkyl halides is 3. The van der Waals surface area contributed by atoms with E-state index in [0.717, 1.165) is 13.0 Å². The molecule has 0 aromatic heterocycles. The monoisotopic (exact) mass is 400 g/mol. The van der Waals surface area contributed by atoms with Crippen LogP contribution in [0.2, 0.25) is 0 Å². The van der Waals surface area contributed by atoms with Gasteiger partial charge in [0.1, 0.15) is 23.7 Å². The summed E-state index contributed by atoms with van der Waals surface area (Å²) in [6, 6.07) is 7.35. The first kappa shape index (κ1) is 21.0. The summed E-state index contributed by atoms with van der Waals surface area (Å²) in [5.74, 6) is -0.857. The summed E-state index contributed by atoms with van der Waals surface area (Å²) in [6.07, 6.45) is -5.01. The van der Waals surface area contributed by atoms with Gasteiger partial charge in [-0.1, -0.05) is 0 Å². The lowest BCUT2D eigenvalue weighted by Crippen LogP contribution is -2.45. The molecule has 0 spiro atoms. The van der Waals surface area contributed by atoms with Gasteiger partial charge in [0.2, 0.25) is 0 Å². The van der Waals surface area contributed by atoms with Crippen molar-refractivity contribution in [3.8, 4) is 11.5 Å². The van der Waals surface area contributed by atoms with Gasteiger partial charge in [-0.2, -0.15) is 13.2 Å². The molecule has 1 atom stereocenters. The molecule has 0 aliphatic heterocycles. The van der Waals surface area contributed by atoms with Crippen LogP contribution in [0, 0.1) is 10.1 Å². The quantitative estimate of drug-likeness (QED) is 0.506. The lowest BCUT2D eigenvalue weighted by Gasteiger charge is -2.23. The van der Waals surface area contributed by atoms with Crippen molar-refractivity contribution in [3.63, 3.8) is 0 Å². The Labute approximate surface area is 156 Å². The number of ether oxygens (including phenoxy) is 1. The molecule has 0 fully saturated rings. The Morgan fingerprint density at radius 3 is 2.36 bits per heavy atom. The standard InChI is InChI=1S/C17H15F3N2O6/c1-16(25,9-28-12-5-3-11(23)4-6-12)15(24)21-10-2-7-14(22(26)27)13(8-10)17(18,19)20/h2-8,23,25H,9H2,1H3,(H,21,24). The summed E-state index contributed by atoms with van der Waals surface area (Å²) in [7, 11) is 0. The van der Waals surface area contributed by atoms with Gasteiger partial charge in [-0.3, -0.25) is 14.9 Å². The number of carbonyl (C=O) groups excluding carboxylic acids is 1. The number of aromatic hydroxyl groups is 1. The molecule has 0 aliphatic carbocycles. The number of hydrogen-bond acceptors (Lipinski definition) is 6. The number of aliphatic hydroxyl groups is 1. The Kier molecular flexibility index (Phi) is 5.78. The fourth-order valence-electron chi connectivity index (χ4n) is 2.10. The number of amides is 1. The average molecular weight is 400 g/mol. The summed E-state index contributed by atoms with van der Waals surface area (Å²) in [4.78, 5) is 21.8. The number of benzene rings is 2. The molecule has 0 saturated heterocycles. The van der Waals surface area contributed by atoms with E-state index in [1.807, 2.05) is 0 Å². The summed E-state index contributed by atoms with van der Waals surface area (Å²) >= 11 is 0. The highest BCUT2D eigenvalue weighted by Crippen LogP contribution is 2.37. The third kappa shape index (κ3) is 5.10. The predicted molar refractivity (Wildman–Crippen MR) is 91.0 cm³/mol. The van der Waals surface area contributed by atoms with E-state index in [1.54, 1.807) is 0 Å². The molecule has 0 aliphatic rings. The second-order valence-electron chi connectivity index (χ2n) is 6.00. The Morgan fingerprint density at radius 2 is 1.82 bits per heavy atom. The summed E-state index contributed by atoms with van der Waals surface area (Å²) in [5, 5.41) is 32.2. The minimum atomic E-state index is -5.01. The van der Waals surface area contributed by atoms with Crippen LogP contribution in [0.1, 0.15) is 12.5 Å². The van der Waals surface area contributed by atoms with Crippen LogP contribution < -0.4 is 10.1 Å². The van der Waals surface area contributed by atoms with E-state index < -0.39 is 40.5 Å². The van der Waals surface area contributed by atoms with Gasteiger partial charge in [-0.25, -0.2) is 0 Å². The molecule has 0 bridgehead atoms. The summed E-state index contributed by atoms with van der Waals surface area (Å²) in [6.45, 7) is 0.543. The molecule has 11 heteroatoms. The number of hydrogen-bond donors (Lipinski definition) is 3. The molecule has 1 unspecified atom stereocenters. The van der Waals surface area contributed by atoms with Crippen molar-refractivity contribution in [2.45, 2.75) is 18.7 Å². The van der Waals surface area contributed by atoms with Crippen molar-refractivity contribution in [1.82, 2.24) is 0 Å². The molecule has 3 N–H and O–H groups in total. The molecule has 0 radical (unpaired) electrons. The SMILES string of the molecule is CC(O)(COc1ccc(O)cc1)C(=O)Nc1ccc([N+](=O)[O-])c(C(F)(F)F)c1. The normalized spacial score (nSPS) is 13.5. The Hall–Kier alpha value is -3.34. The third-order valence-electron chi connectivity index (χ3n) is 3.60. The van der Waals surface area contributed by atoms with Crippen molar-refractivity contribution in [3.05, 3.63) is 58.1 Å². The first-order valence-corrected chi connectivity index (χ1v) is 7.71. The molecule has 150 valence electrons. The second-order valence-corrected chi connectivity index (χ2v) is 6.00. The molecule has 0 saturated carbocycles. The van der Waals surface area contributed by atoms with Crippen LogP contribution in [0.25, 0.3) is 0 Å². The molecular weight excluding hydrogens is 385 g/mol. The predicted octanol–water partition coefficient (Wildman–Crippen LogP) is 3.09. The lowest BCUT2D eigenvalue weighted by atomic mass is 10.1. The van der Waals surface area contributed by atoms with E-state index in [0.29, 0.717) is 12.1 Å². The number of rotatable bonds is 6. The Morgan fingerprint density at radius 1 is 1.21 bits per heavy atom. The van der Waals surface area contributed by atoms with Gasteiger partial charge in [0.05, 0.1) is 4.92 Å². The second kappa shape index (κ2) is 7.72. The van der Waals surface area contributed by atoms with Gasteiger partial charge in [0, 0.05) is 11.8 Å². The van der Waals surface area contributed by atoms with E-state index in [1.165, 1.54) is 24.3 Å². The maximum Gasteiger partial charge on any atom is 0.423 e. The lowest BCUT2D eigenvalue weighted by molar-refractivity contribution is -0.388. The van der Waals surface area contributed by atoms with Crippen LogP contribution in [0.4, 0.5) is 24.5 Å². The average Bonchev–Trinajstić information content (AvgIpc) is 2.60. The van der Waals surface area contributed by atoms with Crippen LogP contribution in [0.5, 0.6) is 11.5 Å². The smallest absolute Gasteiger partial charge is 0.423 e. The first-order valence-electron chi connectivity index (χ1n) is 7.71. The van der Waals surface area contributed by atoms with Crippen LogP contribution in [0.3, 0.4) is 0 Å². The van der Waals surface area contributed by atoms with E-state index in [-0.39, 0.29) is 17.2 Å². The van der Waals surface area contributed by atoms with E-state index >= 15 is 0 Å². The number of nitrogens with zero attached hydrogens (tertiary/aromatic N) is 1. The minimum absolute atomic E-state index is 0.0181. The minimum Gasteiger partial charge on any atom is -0.508 e. The number of anilines is 1. The molecule has 28 heavy (non-hydrogen) atoms. The van der Waals surface area contributed by atoms with Crippen molar-refractivity contribution in [1.29, 1.82) is 0 Å². The molecule has 2 rings (SSSR count). The maximum absolute atomic E-state index is 13.0. The Balaban J connectivity index is 2.14. The van der Waals surface area contributed by atoms with Crippen molar-refractivity contribution < 1.29 is 37.8 Å². The highest BCUT2D eigenvalue weighted by atomic mass is 19.4. The molecule has 0 heterocycles. The third-order valence-corrected chi connectivity index (χ3v) is 3.60. The number of nitro benzene ring substituents is 1. The number of nitrogens with one attached hydrogen (secondary N) is 1. The number of phenolic OH excluding ortho intramolecular Hbond substituents is 1. The number of phenols is 1. The van der Waals surface area contributed by atoms with E-state index in [2.05, 4.69) is 5.32 Å². The molecular formula is C17H15F3N2O6. The van der Waals surface area contributed by atoms with E-state index in [9.17, 15) is 38.3 Å². The number of nitro groups is 1. The molecule has 8 nitrogen and oxygen atoms in total. The fraction of sp³-hybridized carbons (Fsp3) is 0.235. The number of halogens is 3. The van der Waals surface area contributed by atoms with Crippen molar-refractivity contribution in [2.75, 3.05) is 11.9 Å². The van der Waals surface area contributed by atoms with Crippen LogP contribution in [-0.4, -0.2) is 33.3 Å². The first-order chi connectivity index (χ1) is 12.9. The van der Waals surface area contributed by atoms with Crippen LogP contribution >= 0.6 is 0 Å². The molecule has 2 aromatic rings. The molecule has 1 amide bonds. The Bertz CT molecular complexity index is 881. The van der Waals surface area contributed by atoms with Gasteiger partial charge in [-0.05, 0) is 43.3 Å². The highest BCUT2D eigenvalue weighted by Gasteiger charge is 2.39. The van der Waals surface area contributed by atoms with Gasteiger partial charge in [-0.15, -0.1) is 0 Å². The largest absolute Gasteiger partial charge is 0.508 e. The van der Waals surface area contributed by atoms with Gasteiger partial charge in [0.15, 0.2) is 5.60 Å². The number of carbonyl (C=O) groups is 1. The zero-order chi connectivity index (χ0) is 21.1. The van der Waals surface area contributed by atoms with Crippen molar-refractivity contribution >= 4 is 17.3 Å². The topological polar surface area (TPSA) is 122 Å². The van der Waals surface area contributed by atoms with Crippen molar-refractivity contribution in [2.24, 2.45) is 0 Å². The fourth-order valence-corrected chi connectivity index (χ4v) is 2.10. The highest BCUT2D eigenvalue weighted by molar-refractivity contribution is 5.97. The van der Waals surface area contributed by atoms with Gasteiger partial charge < -0.3 is 20.3 Å². The van der Waals surface area contributed by atoms with E-state index in [4.69, 9.17) is 4.74 Å². The zero-order valence-electron chi connectivity index (χ0n) is 14.4. The van der Waals surface area contributed by atoms with Gasteiger partial charge >= 0.3 is 6.18 Å². The maximum atomic E-state index is 13.0. The summed E-state index contributed by atoms with van der Waals surface area (Å²) in [5.41, 5.74) is -5.20. The van der Waals surface area contributed by atoms with Crippen LogP contribution in [0.15, 0.2) is 42.5 Å². The molecule has 2 aromatic carbocycles. The summed E-state index contributed by atoms with van der Waals surface area (Å²) < 4.78 is 44.2.